The summed E-state index contributed by atoms with van der Waals surface area (Å²) < 4.78 is 0. The van der Waals surface area contributed by atoms with Crippen molar-refractivity contribution in [1.82, 2.24) is 15.5 Å². The predicted molar refractivity (Wildman–Crippen MR) is 101 cm³/mol. The molecule has 0 spiro atoms. The first-order valence-corrected chi connectivity index (χ1v) is 10.1. The second kappa shape index (κ2) is 11.5. The van der Waals surface area contributed by atoms with Crippen LogP contribution in [0.25, 0.3) is 0 Å². The topological polar surface area (TPSA) is 39.7 Å². The van der Waals surface area contributed by atoms with E-state index in [0.717, 1.165) is 25.6 Å². The van der Waals surface area contributed by atoms with E-state index in [9.17, 15) is 0 Å². The van der Waals surface area contributed by atoms with E-state index < -0.39 is 0 Å². The number of nitrogens with one attached hydrogen (secondary N) is 2. The van der Waals surface area contributed by atoms with Crippen LogP contribution in [0.2, 0.25) is 0 Å². The maximum atomic E-state index is 4.64. The summed E-state index contributed by atoms with van der Waals surface area (Å²) in [5, 5.41) is 11.0. The first-order chi connectivity index (χ1) is 11.4. The van der Waals surface area contributed by atoms with Crippen LogP contribution >= 0.6 is 11.3 Å². The van der Waals surface area contributed by atoms with E-state index >= 15 is 0 Å². The Bertz CT molecular complexity index is 424. The van der Waals surface area contributed by atoms with Crippen molar-refractivity contribution in [2.75, 3.05) is 32.7 Å². The van der Waals surface area contributed by atoms with Crippen LogP contribution in [0.15, 0.2) is 21.8 Å². The van der Waals surface area contributed by atoms with Gasteiger partial charge in [-0.2, -0.15) is 11.3 Å². The molecule has 1 aromatic rings. The molecular formula is C18H32N4S. The van der Waals surface area contributed by atoms with Crippen LogP contribution in [0.1, 0.15) is 51.0 Å². The van der Waals surface area contributed by atoms with Crippen molar-refractivity contribution in [2.24, 2.45) is 4.99 Å². The number of likely N-dealkylation sites (tertiary alicyclic amines) is 1. The Kier molecular flexibility index (Phi) is 9.11. The zero-order valence-electron chi connectivity index (χ0n) is 14.5. The Balaban J connectivity index is 1.55. The van der Waals surface area contributed by atoms with Gasteiger partial charge in [-0.1, -0.05) is 12.8 Å². The number of unbranched alkanes of at least 4 members (excludes halogenated alkanes) is 2. The monoisotopic (exact) mass is 336 g/mol. The van der Waals surface area contributed by atoms with Gasteiger partial charge in [0.25, 0.3) is 0 Å². The second-order valence-electron chi connectivity index (χ2n) is 6.22. The number of piperidine rings is 1. The fraction of sp³-hybridized carbons (Fsp3) is 0.722. The lowest BCUT2D eigenvalue weighted by Crippen LogP contribution is -2.37. The summed E-state index contributed by atoms with van der Waals surface area (Å²) in [4.78, 5) is 7.27. The van der Waals surface area contributed by atoms with Crippen molar-refractivity contribution in [2.45, 2.75) is 52.0 Å². The molecule has 4 nitrogen and oxygen atoms in total. The average Bonchev–Trinajstić information content (AvgIpc) is 3.10. The van der Waals surface area contributed by atoms with Gasteiger partial charge in [-0.3, -0.25) is 0 Å². The second-order valence-corrected chi connectivity index (χ2v) is 7.00. The van der Waals surface area contributed by atoms with E-state index in [4.69, 9.17) is 0 Å². The molecule has 0 aliphatic carbocycles. The highest BCUT2D eigenvalue weighted by Gasteiger charge is 2.08. The highest BCUT2D eigenvalue weighted by Crippen LogP contribution is 2.10. The van der Waals surface area contributed by atoms with Gasteiger partial charge in [0.05, 0.1) is 6.54 Å². The maximum Gasteiger partial charge on any atom is 0.191 e. The average molecular weight is 337 g/mol. The first kappa shape index (κ1) is 18.3. The molecule has 0 bridgehead atoms. The van der Waals surface area contributed by atoms with Crippen molar-refractivity contribution in [3.63, 3.8) is 0 Å². The number of hydrogen-bond donors (Lipinski definition) is 2. The molecule has 23 heavy (non-hydrogen) atoms. The molecule has 2 heterocycles. The van der Waals surface area contributed by atoms with E-state index in [1.54, 1.807) is 11.3 Å². The van der Waals surface area contributed by atoms with Gasteiger partial charge in [0.15, 0.2) is 5.96 Å². The molecule has 0 radical (unpaired) electrons. The molecule has 1 aliphatic rings. The van der Waals surface area contributed by atoms with Crippen LogP contribution in [0, 0.1) is 0 Å². The van der Waals surface area contributed by atoms with Crippen molar-refractivity contribution in [3.8, 4) is 0 Å². The summed E-state index contributed by atoms with van der Waals surface area (Å²) in [7, 11) is 0. The molecular weight excluding hydrogens is 304 g/mol. The molecule has 0 atom stereocenters. The number of nitrogens with zero attached hydrogens (tertiary/aromatic N) is 2. The van der Waals surface area contributed by atoms with Gasteiger partial charge < -0.3 is 15.5 Å². The predicted octanol–water partition coefficient (Wildman–Crippen LogP) is 3.46. The van der Waals surface area contributed by atoms with Crippen molar-refractivity contribution >= 4 is 17.3 Å². The summed E-state index contributed by atoms with van der Waals surface area (Å²) >= 11 is 1.73. The molecule has 5 heteroatoms. The fourth-order valence-corrected chi connectivity index (χ4v) is 3.58. The number of guanidine groups is 1. The Labute approximate surface area is 145 Å². The Morgan fingerprint density at radius 2 is 2.04 bits per heavy atom. The first-order valence-electron chi connectivity index (χ1n) is 9.14. The molecule has 1 aromatic heterocycles. The van der Waals surface area contributed by atoms with Gasteiger partial charge in [0, 0.05) is 13.1 Å². The molecule has 1 fully saturated rings. The van der Waals surface area contributed by atoms with Gasteiger partial charge >= 0.3 is 0 Å². The zero-order chi connectivity index (χ0) is 16.2. The molecule has 130 valence electrons. The number of thiophene rings is 1. The number of rotatable bonds is 9. The lowest BCUT2D eigenvalue weighted by atomic mass is 10.1. The Morgan fingerprint density at radius 1 is 1.17 bits per heavy atom. The lowest BCUT2D eigenvalue weighted by molar-refractivity contribution is 0.224. The molecule has 1 saturated heterocycles. The van der Waals surface area contributed by atoms with Gasteiger partial charge in [-0.05, 0) is 74.6 Å². The minimum atomic E-state index is 0.758. The van der Waals surface area contributed by atoms with Crippen LogP contribution < -0.4 is 10.6 Å². The third kappa shape index (κ3) is 7.84. The number of aliphatic imine (C=N–C) groups is 1. The largest absolute Gasteiger partial charge is 0.357 e. The summed E-state index contributed by atoms with van der Waals surface area (Å²) in [6.45, 7) is 8.70. The Morgan fingerprint density at radius 3 is 2.78 bits per heavy atom. The van der Waals surface area contributed by atoms with Gasteiger partial charge in [0.1, 0.15) is 0 Å². The molecule has 0 saturated carbocycles. The molecule has 0 amide bonds. The van der Waals surface area contributed by atoms with Crippen LogP contribution in [-0.4, -0.2) is 43.6 Å². The van der Waals surface area contributed by atoms with E-state index in [2.05, 4.69) is 44.3 Å². The van der Waals surface area contributed by atoms with Crippen molar-refractivity contribution in [3.05, 3.63) is 22.4 Å². The minimum Gasteiger partial charge on any atom is -0.357 e. The highest BCUT2D eigenvalue weighted by atomic mass is 32.1. The van der Waals surface area contributed by atoms with E-state index in [1.165, 1.54) is 63.7 Å². The minimum absolute atomic E-state index is 0.758. The van der Waals surface area contributed by atoms with E-state index in [1.807, 2.05) is 0 Å². The van der Waals surface area contributed by atoms with Crippen molar-refractivity contribution < 1.29 is 0 Å². The maximum absolute atomic E-state index is 4.64. The quantitative estimate of drug-likeness (QED) is 0.412. The van der Waals surface area contributed by atoms with Crippen LogP contribution in [0.3, 0.4) is 0 Å². The molecule has 0 aromatic carbocycles. The molecule has 2 N–H and O–H groups in total. The highest BCUT2D eigenvalue weighted by molar-refractivity contribution is 7.07. The van der Waals surface area contributed by atoms with E-state index in [-0.39, 0.29) is 0 Å². The number of hydrogen-bond acceptors (Lipinski definition) is 3. The summed E-state index contributed by atoms with van der Waals surface area (Å²) in [6.07, 6.45) is 8.06. The zero-order valence-corrected chi connectivity index (χ0v) is 15.3. The lowest BCUT2D eigenvalue weighted by Gasteiger charge is -2.26. The molecule has 2 rings (SSSR count). The third-order valence-electron chi connectivity index (χ3n) is 4.24. The fourth-order valence-electron chi connectivity index (χ4n) is 2.92. The van der Waals surface area contributed by atoms with E-state index in [0.29, 0.717) is 0 Å². The van der Waals surface area contributed by atoms with Crippen LogP contribution in [0.5, 0.6) is 0 Å². The summed E-state index contributed by atoms with van der Waals surface area (Å²) in [6, 6.07) is 2.14. The van der Waals surface area contributed by atoms with Gasteiger partial charge in [-0.25, -0.2) is 4.99 Å². The smallest absolute Gasteiger partial charge is 0.191 e. The third-order valence-corrected chi connectivity index (χ3v) is 4.97. The standard InChI is InChI=1S/C18H32N4S/c1-2-19-18(21-15-17-9-14-23-16-17)20-10-5-3-6-11-22-12-7-4-8-13-22/h9,14,16H,2-8,10-13,15H2,1H3,(H2,19,20,21). The summed E-state index contributed by atoms with van der Waals surface area (Å²) in [5.74, 6) is 0.940. The SMILES string of the molecule is CCNC(=NCc1ccsc1)NCCCCCN1CCCCC1. The van der Waals surface area contributed by atoms with Gasteiger partial charge in [-0.15, -0.1) is 0 Å². The Hall–Kier alpha value is -1.07. The van der Waals surface area contributed by atoms with Crippen LogP contribution in [-0.2, 0) is 6.54 Å². The summed E-state index contributed by atoms with van der Waals surface area (Å²) in [5.41, 5.74) is 1.29. The molecule has 0 unspecified atom stereocenters. The molecule has 1 aliphatic heterocycles. The van der Waals surface area contributed by atoms with Crippen LogP contribution in [0.4, 0.5) is 0 Å². The van der Waals surface area contributed by atoms with Gasteiger partial charge in [0.2, 0.25) is 0 Å². The normalized spacial score (nSPS) is 16.5. The van der Waals surface area contributed by atoms with Crippen molar-refractivity contribution in [1.29, 1.82) is 0 Å².